The van der Waals surface area contributed by atoms with Crippen molar-refractivity contribution in [2.45, 2.75) is 54.9 Å². The van der Waals surface area contributed by atoms with E-state index in [1.165, 1.54) is 0 Å². The highest BCUT2D eigenvalue weighted by atomic mass is 16.5. The van der Waals surface area contributed by atoms with Gasteiger partial charge in [-0.25, -0.2) is 0 Å². The molecule has 0 atom stereocenters. The Bertz CT molecular complexity index is 369. The average Bonchev–Trinajstić information content (AvgIpc) is 2.38. The van der Waals surface area contributed by atoms with Gasteiger partial charge in [0, 0.05) is 12.0 Å². The minimum Gasteiger partial charge on any atom is -0.495 e. The quantitative estimate of drug-likeness (QED) is 0.765. The van der Waals surface area contributed by atoms with Gasteiger partial charge in [0.2, 0.25) is 0 Å². The fraction of sp³-hybridized carbons (Fsp3) is 0.812. The second-order valence-electron chi connectivity index (χ2n) is 7.34. The third-order valence-corrected chi connectivity index (χ3v) is 3.26. The Labute approximate surface area is 118 Å². The SMILES string of the molecule is CCCN1CCOC(C(C)(C)C)=C(C(C)(C)C)C1=O. The van der Waals surface area contributed by atoms with Crippen molar-refractivity contribution in [3.8, 4) is 0 Å². The standard InChI is InChI=1S/C16H29NO2/c1-8-9-17-10-11-19-13(16(5,6)7)12(14(17)18)15(2,3)4/h8-11H2,1-7H3. The normalized spacial score (nSPS) is 18.5. The Kier molecular flexibility index (Phi) is 4.70. The first-order valence-electron chi connectivity index (χ1n) is 7.26. The summed E-state index contributed by atoms with van der Waals surface area (Å²) in [7, 11) is 0. The van der Waals surface area contributed by atoms with Crippen molar-refractivity contribution in [2.24, 2.45) is 10.8 Å². The van der Waals surface area contributed by atoms with E-state index < -0.39 is 0 Å². The molecule has 3 heteroatoms. The summed E-state index contributed by atoms with van der Waals surface area (Å²) in [4.78, 5) is 14.8. The minimum atomic E-state index is -0.198. The lowest BCUT2D eigenvalue weighted by Gasteiger charge is -2.31. The zero-order valence-electron chi connectivity index (χ0n) is 13.6. The molecule has 1 rings (SSSR count). The number of carbonyl (C=O) groups is 1. The summed E-state index contributed by atoms with van der Waals surface area (Å²) in [6, 6.07) is 0. The van der Waals surface area contributed by atoms with Crippen LogP contribution in [0.15, 0.2) is 11.3 Å². The summed E-state index contributed by atoms with van der Waals surface area (Å²) < 4.78 is 5.97. The van der Waals surface area contributed by atoms with E-state index in [2.05, 4.69) is 48.5 Å². The first kappa shape index (κ1) is 16.1. The second-order valence-corrected chi connectivity index (χ2v) is 7.34. The van der Waals surface area contributed by atoms with Crippen molar-refractivity contribution in [1.82, 2.24) is 4.90 Å². The molecule has 0 aromatic heterocycles. The molecule has 3 nitrogen and oxygen atoms in total. The van der Waals surface area contributed by atoms with E-state index in [9.17, 15) is 4.79 Å². The zero-order valence-corrected chi connectivity index (χ0v) is 13.6. The molecular formula is C16H29NO2. The first-order valence-corrected chi connectivity index (χ1v) is 7.26. The van der Waals surface area contributed by atoms with Gasteiger partial charge in [-0.1, -0.05) is 48.5 Å². The second kappa shape index (κ2) is 5.56. The van der Waals surface area contributed by atoms with E-state index in [1.807, 2.05) is 4.90 Å². The highest BCUT2D eigenvalue weighted by Crippen LogP contribution is 2.39. The number of hydrogen-bond donors (Lipinski definition) is 0. The van der Waals surface area contributed by atoms with E-state index in [1.54, 1.807) is 0 Å². The summed E-state index contributed by atoms with van der Waals surface area (Å²) in [6.07, 6.45) is 0.980. The Morgan fingerprint density at radius 1 is 1.11 bits per heavy atom. The lowest BCUT2D eigenvalue weighted by molar-refractivity contribution is -0.128. The van der Waals surface area contributed by atoms with E-state index in [0.29, 0.717) is 13.2 Å². The molecule has 0 saturated carbocycles. The molecule has 0 radical (unpaired) electrons. The van der Waals surface area contributed by atoms with E-state index in [4.69, 9.17) is 4.74 Å². The van der Waals surface area contributed by atoms with Crippen LogP contribution in [0.2, 0.25) is 0 Å². The smallest absolute Gasteiger partial charge is 0.253 e. The van der Waals surface area contributed by atoms with Gasteiger partial charge >= 0.3 is 0 Å². The predicted molar refractivity (Wildman–Crippen MR) is 78.8 cm³/mol. The molecule has 1 amide bonds. The number of hydrogen-bond acceptors (Lipinski definition) is 2. The molecule has 1 aliphatic heterocycles. The van der Waals surface area contributed by atoms with Gasteiger partial charge in [-0.2, -0.15) is 0 Å². The van der Waals surface area contributed by atoms with Gasteiger partial charge < -0.3 is 9.64 Å². The lowest BCUT2D eigenvalue weighted by atomic mass is 9.79. The van der Waals surface area contributed by atoms with Crippen molar-refractivity contribution < 1.29 is 9.53 Å². The largest absolute Gasteiger partial charge is 0.495 e. The Hall–Kier alpha value is -0.990. The molecule has 110 valence electrons. The molecule has 1 heterocycles. The van der Waals surface area contributed by atoms with Crippen LogP contribution in [0.3, 0.4) is 0 Å². The van der Waals surface area contributed by atoms with Crippen LogP contribution in [0.1, 0.15) is 54.9 Å². The maximum atomic E-state index is 12.8. The first-order chi connectivity index (χ1) is 8.59. The van der Waals surface area contributed by atoms with Gasteiger partial charge in [0.15, 0.2) is 0 Å². The Morgan fingerprint density at radius 3 is 2.11 bits per heavy atom. The van der Waals surface area contributed by atoms with Crippen molar-refractivity contribution in [1.29, 1.82) is 0 Å². The van der Waals surface area contributed by atoms with Gasteiger partial charge in [0.05, 0.1) is 12.1 Å². The van der Waals surface area contributed by atoms with Gasteiger partial charge in [-0.3, -0.25) is 4.79 Å². The van der Waals surface area contributed by atoms with Crippen LogP contribution in [0.25, 0.3) is 0 Å². The van der Waals surface area contributed by atoms with Crippen molar-refractivity contribution in [3.05, 3.63) is 11.3 Å². The summed E-state index contributed by atoms with van der Waals surface area (Å²) in [5.41, 5.74) is 0.502. The molecule has 19 heavy (non-hydrogen) atoms. The van der Waals surface area contributed by atoms with Crippen LogP contribution in [0.5, 0.6) is 0 Å². The zero-order chi connectivity index (χ0) is 14.8. The maximum Gasteiger partial charge on any atom is 0.253 e. The molecular weight excluding hydrogens is 238 g/mol. The Balaban J connectivity index is 3.32. The van der Waals surface area contributed by atoms with Crippen LogP contribution >= 0.6 is 0 Å². The molecule has 0 unspecified atom stereocenters. The predicted octanol–water partition coefficient (Wildman–Crippen LogP) is 3.60. The van der Waals surface area contributed by atoms with E-state index in [0.717, 1.165) is 24.3 Å². The molecule has 0 aromatic rings. The number of carbonyl (C=O) groups excluding carboxylic acids is 1. The van der Waals surface area contributed by atoms with Crippen LogP contribution in [-0.2, 0) is 9.53 Å². The van der Waals surface area contributed by atoms with Crippen LogP contribution < -0.4 is 0 Å². The maximum absolute atomic E-state index is 12.8. The monoisotopic (exact) mass is 267 g/mol. The molecule has 0 fully saturated rings. The van der Waals surface area contributed by atoms with Gasteiger partial charge in [0.1, 0.15) is 12.4 Å². The number of allylic oxidation sites excluding steroid dienone is 1. The molecule has 0 aliphatic carbocycles. The summed E-state index contributed by atoms with van der Waals surface area (Å²) in [6.45, 7) is 16.8. The molecule has 0 saturated heterocycles. The molecule has 0 N–H and O–H groups in total. The summed E-state index contributed by atoms with van der Waals surface area (Å²) in [5, 5.41) is 0. The van der Waals surface area contributed by atoms with Crippen LogP contribution in [0.4, 0.5) is 0 Å². The molecule has 1 aliphatic rings. The summed E-state index contributed by atoms with van der Waals surface area (Å²) >= 11 is 0. The van der Waals surface area contributed by atoms with E-state index >= 15 is 0 Å². The number of nitrogens with zero attached hydrogens (tertiary/aromatic N) is 1. The third kappa shape index (κ3) is 3.74. The summed E-state index contributed by atoms with van der Waals surface area (Å²) in [5.74, 6) is 1.01. The van der Waals surface area contributed by atoms with Crippen molar-refractivity contribution in [3.63, 3.8) is 0 Å². The fourth-order valence-corrected chi connectivity index (χ4v) is 2.42. The number of amides is 1. The Morgan fingerprint density at radius 2 is 1.68 bits per heavy atom. The molecule has 0 bridgehead atoms. The van der Waals surface area contributed by atoms with Gasteiger partial charge in [0.25, 0.3) is 5.91 Å². The molecule has 0 aromatic carbocycles. The van der Waals surface area contributed by atoms with Crippen molar-refractivity contribution >= 4 is 5.91 Å². The van der Waals surface area contributed by atoms with Crippen LogP contribution in [-0.4, -0.2) is 30.5 Å². The molecule has 0 spiro atoms. The van der Waals surface area contributed by atoms with Gasteiger partial charge in [-0.15, -0.1) is 0 Å². The third-order valence-electron chi connectivity index (χ3n) is 3.26. The van der Waals surface area contributed by atoms with Gasteiger partial charge in [-0.05, 0) is 11.8 Å². The average molecular weight is 267 g/mol. The van der Waals surface area contributed by atoms with Crippen LogP contribution in [0, 0.1) is 10.8 Å². The fourth-order valence-electron chi connectivity index (χ4n) is 2.42. The lowest BCUT2D eigenvalue weighted by Crippen LogP contribution is -2.37. The highest BCUT2D eigenvalue weighted by Gasteiger charge is 2.37. The van der Waals surface area contributed by atoms with Crippen molar-refractivity contribution in [2.75, 3.05) is 19.7 Å². The highest BCUT2D eigenvalue weighted by molar-refractivity contribution is 5.95. The van der Waals surface area contributed by atoms with E-state index in [-0.39, 0.29) is 16.7 Å². The number of ether oxygens (including phenoxy) is 1. The minimum absolute atomic E-state index is 0.138. The topological polar surface area (TPSA) is 29.5 Å². The number of rotatable bonds is 2.